The molecule has 4 rings (SSSR count). The molecule has 158 valence electrons. The fraction of sp³-hybridized carbons (Fsp3) is 0.667. The summed E-state index contributed by atoms with van der Waals surface area (Å²) in [6.45, 7) is 7.85. The van der Waals surface area contributed by atoms with Crippen LogP contribution in [0.5, 0.6) is 0 Å². The number of hydrogen-bond donors (Lipinski definition) is 2. The largest absolute Gasteiger partial charge is 0.444 e. The van der Waals surface area contributed by atoms with Crippen LogP contribution in [-0.4, -0.2) is 38.4 Å². The smallest absolute Gasteiger partial charge is 0.407 e. The van der Waals surface area contributed by atoms with E-state index in [9.17, 15) is 4.79 Å². The highest BCUT2D eigenvalue weighted by Gasteiger charge is 2.32. The second kappa shape index (κ2) is 7.67. The molecular weight excluding hydrogens is 390 g/mol. The van der Waals surface area contributed by atoms with Crippen molar-refractivity contribution >= 4 is 29.2 Å². The van der Waals surface area contributed by atoms with Crippen LogP contribution in [0.25, 0.3) is 5.65 Å². The van der Waals surface area contributed by atoms with Crippen LogP contribution in [0, 0.1) is 5.92 Å². The van der Waals surface area contributed by atoms with Crippen molar-refractivity contribution in [2.24, 2.45) is 5.92 Å². The monoisotopic (exact) mass is 419 g/mol. The Kier molecular flexibility index (Phi) is 5.36. The zero-order chi connectivity index (χ0) is 20.8. The Hall–Kier alpha value is -2.02. The topological polar surface area (TPSA) is 80.5 Å². The van der Waals surface area contributed by atoms with Crippen LogP contribution in [0.15, 0.2) is 12.3 Å². The van der Waals surface area contributed by atoms with Gasteiger partial charge in [-0.15, -0.1) is 0 Å². The molecule has 0 bridgehead atoms. The molecule has 29 heavy (non-hydrogen) atoms. The lowest BCUT2D eigenvalue weighted by Gasteiger charge is -2.22. The van der Waals surface area contributed by atoms with Gasteiger partial charge in [0.15, 0.2) is 5.65 Å². The van der Waals surface area contributed by atoms with E-state index < -0.39 is 5.60 Å². The minimum Gasteiger partial charge on any atom is -0.444 e. The summed E-state index contributed by atoms with van der Waals surface area (Å²) in [7, 11) is 0. The zero-order valence-corrected chi connectivity index (χ0v) is 18.3. The van der Waals surface area contributed by atoms with Crippen molar-refractivity contribution in [2.45, 2.75) is 83.4 Å². The second-order valence-electron chi connectivity index (χ2n) is 9.42. The average Bonchev–Trinajstić information content (AvgIpc) is 3.29. The molecule has 0 spiro atoms. The molecule has 3 atom stereocenters. The summed E-state index contributed by atoms with van der Waals surface area (Å²) in [5.41, 5.74) is 1.27. The lowest BCUT2D eigenvalue weighted by Crippen LogP contribution is -2.38. The van der Waals surface area contributed by atoms with Gasteiger partial charge in [-0.05, 0) is 58.8 Å². The third kappa shape index (κ3) is 4.77. The molecule has 2 fully saturated rings. The standard InChI is InChI=1S/C21H30ClN5O2/c1-12(13-5-6-13)17-10-18(27-19(26-17)16(22)11-23-27)24-14-7-8-15(9-14)25-20(28)29-21(2,3)4/h10-15,24H,5-9H2,1-4H3,(H,25,28)/t12-,14-,15-/m0/s1. The van der Waals surface area contributed by atoms with Gasteiger partial charge in [-0.25, -0.2) is 9.78 Å². The Morgan fingerprint density at radius 2 is 2.00 bits per heavy atom. The van der Waals surface area contributed by atoms with Gasteiger partial charge in [0, 0.05) is 29.8 Å². The third-order valence-electron chi connectivity index (χ3n) is 5.75. The Labute approximate surface area is 176 Å². The lowest BCUT2D eigenvalue weighted by atomic mass is 10.0. The number of fused-ring (bicyclic) bond motifs is 1. The van der Waals surface area contributed by atoms with E-state index in [0.29, 0.717) is 22.5 Å². The number of anilines is 1. The van der Waals surface area contributed by atoms with Gasteiger partial charge in [0.25, 0.3) is 0 Å². The van der Waals surface area contributed by atoms with Gasteiger partial charge < -0.3 is 15.4 Å². The summed E-state index contributed by atoms with van der Waals surface area (Å²) in [5.74, 6) is 2.04. The SMILES string of the molecule is C[C@H](c1cc(N[C@H]2CC[C@H](NC(=O)OC(C)(C)C)C2)n2ncc(Cl)c2n1)C1CC1. The zero-order valence-electron chi connectivity index (χ0n) is 17.5. The van der Waals surface area contributed by atoms with Gasteiger partial charge in [-0.3, -0.25) is 0 Å². The predicted octanol–water partition coefficient (Wildman–Crippen LogP) is 4.75. The van der Waals surface area contributed by atoms with Gasteiger partial charge in [0.1, 0.15) is 16.4 Å². The van der Waals surface area contributed by atoms with Crippen molar-refractivity contribution in [1.82, 2.24) is 19.9 Å². The lowest BCUT2D eigenvalue weighted by molar-refractivity contribution is 0.0505. The van der Waals surface area contributed by atoms with Gasteiger partial charge >= 0.3 is 6.09 Å². The van der Waals surface area contributed by atoms with E-state index in [1.54, 1.807) is 10.7 Å². The fourth-order valence-electron chi connectivity index (χ4n) is 4.06. The van der Waals surface area contributed by atoms with Gasteiger partial charge in [0.2, 0.25) is 0 Å². The number of alkyl carbamates (subject to hydrolysis) is 1. The van der Waals surface area contributed by atoms with Crippen molar-refractivity contribution in [3.63, 3.8) is 0 Å². The maximum atomic E-state index is 12.1. The summed E-state index contributed by atoms with van der Waals surface area (Å²) in [6.07, 6.45) is 6.54. The van der Waals surface area contributed by atoms with Crippen LogP contribution in [0.4, 0.5) is 10.6 Å². The highest BCUT2D eigenvalue weighted by Crippen LogP contribution is 2.42. The molecular formula is C21H30ClN5O2. The summed E-state index contributed by atoms with van der Waals surface area (Å²) in [6, 6.07) is 2.45. The quantitative estimate of drug-likeness (QED) is 0.730. The summed E-state index contributed by atoms with van der Waals surface area (Å²) in [4.78, 5) is 16.8. The molecule has 2 aliphatic carbocycles. The maximum absolute atomic E-state index is 12.1. The first kappa shape index (κ1) is 20.3. The number of nitrogens with zero attached hydrogens (tertiary/aromatic N) is 3. The van der Waals surface area contributed by atoms with Gasteiger partial charge in [0.05, 0.1) is 6.20 Å². The highest BCUT2D eigenvalue weighted by molar-refractivity contribution is 6.33. The number of carbonyl (C=O) groups excluding carboxylic acids is 1. The van der Waals surface area contributed by atoms with Crippen molar-refractivity contribution in [3.05, 3.63) is 23.0 Å². The number of aromatic nitrogens is 3. The molecule has 2 saturated carbocycles. The minimum atomic E-state index is -0.489. The molecule has 0 unspecified atom stereocenters. The van der Waals surface area contributed by atoms with Crippen molar-refractivity contribution in [2.75, 3.05) is 5.32 Å². The molecule has 2 aromatic heterocycles. The molecule has 8 heteroatoms. The first-order valence-electron chi connectivity index (χ1n) is 10.5. The molecule has 1 amide bonds. The summed E-state index contributed by atoms with van der Waals surface area (Å²) in [5, 5.41) is 11.6. The first-order valence-corrected chi connectivity index (χ1v) is 10.9. The van der Waals surface area contributed by atoms with Crippen molar-refractivity contribution < 1.29 is 9.53 Å². The molecule has 0 aliphatic heterocycles. The van der Waals surface area contributed by atoms with Crippen LogP contribution in [0.1, 0.15) is 71.4 Å². The number of rotatable bonds is 5. The number of hydrogen-bond acceptors (Lipinski definition) is 5. The molecule has 0 radical (unpaired) electrons. The fourth-order valence-corrected chi connectivity index (χ4v) is 4.22. The van der Waals surface area contributed by atoms with Crippen LogP contribution >= 0.6 is 11.6 Å². The normalized spacial score (nSPS) is 23.2. The van der Waals surface area contributed by atoms with Gasteiger partial charge in [-0.2, -0.15) is 9.61 Å². The van der Waals surface area contributed by atoms with Crippen molar-refractivity contribution in [3.8, 4) is 0 Å². The summed E-state index contributed by atoms with van der Waals surface area (Å²) < 4.78 is 7.15. The van der Waals surface area contributed by atoms with Crippen LogP contribution < -0.4 is 10.6 Å². The molecule has 0 saturated heterocycles. The Morgan fingerprint density at radius 1 is 1.28 bits per heavy atom. The molecule has 2 aliphatic rings. The van der Waals surface area contributed by atoms with Crippen molar-refractivity contribution in [1.29, 1.82) is 0 Å². The summed E-state index contributed by atoms with van der Waals surface area (Å²) >= 11 is 6.33. The van der Waals surface area contributed by atoms with E-state index in [-0.39, 0.29) is 18.2 Å². The number of carbonyl (C=O) groups is 1. The molecule has 2 N–H and O–H groups in total. The van der Waals surface area contributed by atoms with E-state index in [4.69, 9.17) is 21.3 Å². The number of halogens is 1. The van der Waals surface area contributed by atoms with Gasteiger partial charge in [-0.1, -0.05) is 18.5 Å². The minimum absolute atomic E-state index is 0.103. The van der Waals surface area contributed by atoms with E-state index >= 15 is 0 Å². The van der Waals surface area contributed by atoms with Crippen LogP contribution in [0.2, 0.25) is 5.02 Å². The molecule has 2 heterocycles. The second-order valence-corrected chi connectivity index (χ2v) is 9.82. The third-order valence-corrected chi connectivity index (χ3v) is 6.02. The van der Waals surface area contributed by atoms with E-state index in [1.807, 2.05) is 20.8 Å². The average molecular weight is 420 g/mol. The van der Waals surface area contributed by atoms with E-state index in [1.165, 1.54) is 12.8 Å². The Bertz CT molecular complexity index is 902. The van der Waals surface area contributed by atoms with Crippen LogP contribution in [0.3, 0.4) is 0 Å². The Morgan fingerprint density at radius 3 is 2.69 bits per heavy atom. The first-order chi connectivity index (χ1) is 13.7. The van der Waals surface area contributed by atoms with E-state index in [2.05, 4.69) is 28.7 Å². The predicted molar refractivity (Wildman–Crippen MR) is 114 cm³/mol. The van der Waals surface area contributed by atoms with Crippen LogP contribution in [-0.2, 0) is 4.74 Å². The number of ether oxygens (including phenoxy) is 1. The number of nitrogens with one attached hydrogen (secondary N) is 2. The maximum Gasteiger partial charge on any atom is 0.407 e. The Balaban J connectivity index is 1.46. The molecule has 2 aromatic rings. The number of amides is 1. The molecule has 0 aromatic carbocycles. The molecule has 7 nitrogen and oxygen atoms in total. The highest BCUT2D eigenvalue weighted by atomic mass is 35.5. The van der Waals surface area contributed by atoms with E-state index in [0.717, 1.165) is 30.8 Å².